The number of amides is 1. The van der Waals surface area contributed by atoms with E-state index in [9.17, 15) is 9.59 Å². The molecule has 1 saturated heterocycles. The monoisotopic (exact) mass is 434 g/mol. The van der Waals surface area contributed by atoms with Crippen molar-refractivity contribution in [1.29, 1.82) is 0 Å². The standard InChI is InChI=1S/C21H33N2O2.Y/c1-6-23(12-8-11-18(14-23)21(25)22(4)5)15-19(24)13-20-16(2)9-7-10-17(20)3;/h7,9-10,18H,6,8,11-15H2,1-5H3;/q+1;. The zero-order valence-corrected chi connectivity index (χ0v) is 19.9. The minimum atomic E-state index is 0. The summed E-state index contributed by atoms with van der Waals surface area (Å²) in [5, 5.41) is 0. The molecule has 1 fully saturated rings. The van der Waals surface area contributed by atoms with Crippen molar-refractivity contribution in [2.45, 2.75) is 40.0 Å². The van der Waals surface area contributed by atoms with Crippen LogP contribution in [-0.2, 0) is 48.7 Å². The van der Waals surface area contributed by atoms with Gasteiger partial charge in [0.2, 0.25) is 5.91 Å². The normalized spacial score (nSPS) is 22.4. The van der Waals surface area contributed by atoms with E-state index in [1.807, 2.05) is 20.2 Å². The van der Waals surface area contributed by atoms with Gasteiger partial charge in [-0.05, 0) is 50.3 Å². The fourth-order valence-corrected chi connectivity index (χ4v) is 4.19. The number of ketones is 1. The quantitative estimate of drug-likeness (QED) is 0.646. The van der Waals surface area contributed by atoms with Gasteiger partial charge in [-0.2, -0.15) is 0 Å². The molecular weight excluding hydrogens is 401 g/mol. The Morgan fingerprint density at radius 2 is 1.81 bits per heavy atom. The molecule has 0 aliphatic carbocycles. The van der Waals surface area contributed by atoms with E-state index >= 15 is 0 Å². The maximum Gasteiger partial charge on any atom is 0.230 e. The van der Waals surface area contributed by atoms with Gasteiger partial charge in [0.1, 0.15) is 6.54 Å². The molecule has 2 rings (SSSR count). The van der Waals surface area contributed by atoms with Gasteiger partial charge >= 0.3 is 0 Å². The summed E-state index contributed by atoms with van der Waals surface area (Å²) in [5.41, 5.74) is 3.55. The fourth-order valence-electron chi connectivity index (χ4n) is 4.19. The van der Waals surface area contributed by atoms with Gasteiger partial charge in [0.25, 0.3) is 0 Å². The predicted molar refractivity (Wildman–Crippen MR) is 101 cm³/mol. The first-order valence-electron chi connectivity index (χ1n) is 9.41. The van der Waals surface area contributed by atoms with E-state index in [-0.39, 0.29) is 50.3 Å². The number of carbonyl (C=O) groups is 2. The Hall–Kier alpha value is -0.576. The summed E-state index contributed by atoms with van der Waals surface area (Å²) in [4.78, 5) is 26.9. The van der Waals surface area contributed by atoms with Crippen molar-refractivity contribution in [2.75, 3.05) is 40.3 Å². The molecule has 1 aromatic rings. The summed E-state index contributed by atoms with van der Waals surface area (Å²) < 4.78 is 0.758. The Labute approximate surface area is 183 Å². The van der Waals surface area contributed by atoms with Crippen molar-refractivity contribution < 1.29 is 46.8 Å². The smallest absolute Gasteiger partial charge is 0.230 e. The van der Waals surface area contributed by atoms with Gasteiger partial charge in [-0.15, -0.1) is 0 Å². The van der Waals surface area contributed by atoms with Gasteiger partial charge in [0.05, 0.1) is 25.6 Å². The van der Waals surface area contributed by atoms with Gasteiger partial charge in [0.15, 0.2) is 5.78 Å². The van der Waals surface area contributed by atoms with Gasteiger partial charge in [0, 0.05) is 53.2 Å². The van der Waals surface area contributed by atoms with Crippen LogP contribution < -0.4 is 0 Å². The van der Waals surface area contributed by atoms with Crippen LogP contribution in [0.2, 0.25) is 0 Å². The molecule has 1 heterocycles. The number of nitrogens with zero attached hydrogens (tertiary/aromatic N) is 2. The van der Waals surface area contributed by atoms with Crippen LogP contribution in [-0.4, -0.2) is 61.3 Å². The third kappa shape index (κ3) is 5.71. The topological polar surface area (TPSA) is 37.4 Å². The molecule has 1 radical (unpaired) electrons. The molecule has 4 nitrogen and oxygen atoms in total. The van der Waals surface area contributed by atoms with Crippen molar-refractivity contribution >= 4 is 11.7 Å². The first-order valence-corrected chi connectivity index (χ1v) is 9.41. The average Bonchev–Trinajstić information content (AvgIpc) is 2.57. The van der Waals surface area contributed by atoms with Gasteiger partial charge < -0.3 is 9.38 Å². The van der Waals surface area contributed by atoms with Crippen LogP contribution in [0.1, 0.15) is 36.5 Å². The van der Waals surface area contributed by atoms with Gasteiger partial charge in [-0.1, -0.05) is 18.2 Å². The number of likely N-dealkylation sites (N-methyl/N-ethyl adjacent to an activating group) is 1. The van der Waals surface area contributed by atoms with Crippen LogP contribution in [0.5, 0.6) is 0 Å². The molecule has 5 heteroatoms. The molecule has 0 bridgehead atoms. The Morgan fingerprint density at radius 3 is 2.35 bits per heavy atom. The molecule has 1 aromatic carbocycles. The molecule has 2 unspecified atom stereocenters. The minimum Gasteiger partial charge on any atom is -0.348 e. The number of hydrogen-bond acceptors (Lipinski definition) is 2. The van der Waals surface area contributed by atoms with E-state index < -0.39 is 0 Å². The van der Waals surface area contributed by atoms with E-state index in [0.717, 1.165) is 37.0 Å². The summed E-state index contributed by atoms with van der Waals surface area (Å²) in [7, 11) is 3.65. The summed E-state index contributed by atoms with van der Waals surface area (Å²) in [5.74, 6) is 0.548. The van der Waals surface area contributed by atoms with Crippen LogP contribution in [0.25, 0.3) is 0 Å². The third-order valence-corrected chi connectivity index (χ3v) is 5.78. The Bertz CT molecular complexity index is 625. The van der Waals surface area contributed by atoms with Crippen molar-refractivity contribution in [3.8, 4) is 0 Å². The second-order valence-corrected chi connectivity index (χ2v) is 7.88. The number of piperidine rings is 1. The Balaban J connectivity index is 0.00000338. The minimum absolute atomic E-state index is 0. The van der Waals surface area contributed by atoms with Crippen molar-refractivity contribution in [3.63, 3.8) is 0 Å². The molecule has 2 atom stereocenters. The summed E-state index contributed by atoms with van der Waals surface area (Å²) in [6, 6.07) is 6.19. The van der Waals surface area contributed by atoms with Crippen LogP contribution >= 0.6 is 0 Å². The molecule has 141 valence electrons. The van der Waals surface area contributed by atoms with Gasteiger partial charge in [-0.3, -0.25) is 9.59 Å². The molecule has 0 aromatic heterocycles. The van der Waals surface area contributed by atoms with Crippen molar-refractivity contribution in [3.05, 3.63) is 34.9 Å². The second-order valence-electron chi connectivity index (χ2n) is 7.88. The first kappa shape index (κ1) is 23.5. The number of rotatable bonds is 6. The largest absolute Gasteiger partial charge is 0.348 e. The molecule has 0 N–H and O–H groups in total. The molecule has 0 spiro atoms. The number of likely N-dealkylation sites (tertiary alicyclic amines) is 1. The Kier molecular flexibility index (Phi) is 9.12. The summed E-state index contributed by atoms with van der Waals surface area (Å²) >= 11 is 0. The van der Waals surface area contributed by atoms with Crippen LogP contribution in [0.15, 0.2) is 18.2 Å². The molecule has 1 aliphatic heterocycles. The number of benzene rings is 1. The molecule has 26 heavy (non-hydrogen) atoms. The third-order valence-electron chi connectivity index (χ3n) is 5.78. The Morgan fingerprint density at radius 1 is 1.19 bits per heavy atom. The van der Waals surface area contributed by atoms with E-state index in [1.54, 1.807) is 4.90 Å². The maximum absolute atomic E-state index is 12.8. The molecule has 1 aliphatic rings. The number of hydrogen-bond donors (Lipinski definition) is 0. The van der Waals surface area contributed by atoms with E-state index in [4.69, 9.17) is 0 Å². The van der Waals surface area contributed by atoms with Crippen molar-refractivity contribution in [1.82, 2.24) is 4.90 Å². The SMILES string of the molecule is CC[N+]1(CC(=O)Cc2c(C)cccc2C)CCCC(C(=O)N(C)C)C1.[Y]. The number of carbonyl (C=O) groups excluding carboxylic acids is 2. The second kappa shape index (κ2) is 10.1. The molecular formula is C21H33N2O2Y+. The number of quaternary nitrogens is 1. The zero-order valence-electron chi connectivity index (χ0n) is 17.0. The molecule has 1 amide bonds. The van der Waals surface area contributed by atoms with Crippen LogP contribution in [0.4, 0.5) is 0 Å². The first-order chi connectivity index (χ1) is 11.8. The van der Waals surface area contributed by atoms with E-state index in [0.29, 0.717) is 13.0 Å². The summed E-state index contributed by atoms with van der Waals surface area (Å²) in [6.45, 7) is 9.56. The zero-order chi connectivity index (χ0) is 18.6. The summed E-state index contributed by atoms with van der Waals surface area (Å²) in [6.07, 6.45) is 2.47. The van der Waals surface area contributed by atoms with Crippen LogP contribution in [0.3, 0.4) is 0 Å². The maximum atomic E-state index is 12.8. The van der Waals surface area contributed by atoms with E-state index in [1.165, 1.54) is 16.7 Å². The average molecular weight is 434 g/mol. The van der Waals surface area contributed by atoms with E-state index in [2.05, 4.69) is 32.9 Å². The fraction of sp³-hybridized carbons (Fsp3) is 0.619. The van der Waals surface area contributed by atoms with Crippen molar-refractivity contribution in [2.24, 2.45) is 5.92 Å². The number of Topliss-reactive ketones (excluding diaryl/α,β-unsaturated/α-hetero) is 1. The number of aryl methyl sites for hydroxylation is 2. The van der Waals surface area contributed by atoms with Gasteiger partial charge in [-0.25, -0.2) is 0 Å². The molecule has 0 saturated carbocycles. The van der Waals surface area contributed by atoms with Crippen LogP contribution in [0, 0.1) is 19.8 Å². The predicted octanol–water partition coefficient (Wildman–Crippen LogP) is 2.75.